The minimum absolute atomic E-state index is 0.0467. The number of carbonyl (C=O) groups is 1. The molecule has 0 bridgehead atoms. The number of allylic oxidation sites excluding steroid dienone is 19. The van der Waals surface area contributed by atoms with Crippen LogP contribution in [0.15, 0.2) is 122 Å². The monoisotopic (exact) mass is 1200 g/mol. The van der Waals surface area contributed by atoms with Crippen molar-refractivity contribution in [3.05, 3.63) is 122 Å². The minimum atomic E-state index is -4.38. The molecule has 0 aromatic carbocycles. The maximum atomic E-state index is 13.0. The van der Waals surface area contributed by atoms with E-state index in [0.29, 0.717) is 17.4 Å². The summed E-state index contributed by atoms with van der Waals surface area (Å²) in [4.78, 5) is 23.4. The number of unbranched alkanes of at least 4 members (excludes halogenated alkanes) is 33. The smallest absolute Gasteiger partial charge is 0.387 e. The Morgan fingerprint density at radius 3 is 1.08 bits per heavy atom. The average molecular weight is 1200 g/mol. The normalized spacial score (nSPS) is 14.4. The van der Waals surface area contributed by atoms with E-state index in [1.54, 1.807) is 6.08 Å². The summed E-state index contributed by atoms with van der Waals surface area (Å²) in [7, 11) is 1.53. The first kappa shape index (κ1) is 81.9. The number of phosphoric acid groups is 1. The van der Waals surface area contributed by atoms with Crippen LogP contribution in [-0.4, -0.2) is 73.4 Å². The van der Waals surface area contributed by atoms with Crippen LogP contribution in [0.2, 0.25) is 0 Å². The van der Waals surface area contributed by atoms with Gasteiger partial charge in [0.25, 0.3) is 0 Å². The highest BCUT2D eigenvalue weighted by Gasteiger charge is 2.28. The largest absolute Gasteiger partial charge is 0.472 e. The Balaban J connectivity index is 4.19. The van der Waals surface area contributed by atoms with Gasteiger partial charge in [-0.15, -0.1) is 0 Å². The standard InChI is InChI=1S/C76H135N2O6P/c1-6-8-10-12-14-16-18-20-22-24-26-28-30-32-34-36-38-40-41-43-45-47-49-51-53-55-57-59-61-63-65-67-69-75(79)74(73-84-85(81,82)83-72-71-78(3,4)5)77-76(80)70-68-66-64-62-60-58-56-54-52-50-48-46-44-42-39-37-35-33-31-29-27-25-23-21-19-17-15-13-11-9-7-2/h9,11,15,17,21,23,27,29,33,35,39,42,46,48,52,54,59,61,67,69,74-75,79H,6-8,10,12-14,16,18-20,22,24-26,28,30-32,34,36-38,40-41,43-45,47,49-51,53,55-58,60,62-66,68,70-73H2,1-5H3,(H-,77,80,81,82)/p+1/b11-9-,17-15-,23-21-,29-27-,35-33-,42-39-,48-46-,54-52-,61-59+,69-67+. The molecule has 0 aliphatic rings. The fraction of sp³-hybridized carbons (Fsp3) is 0.724. The minimum Gasteiger partial charge on any atom is -0.387 e. The molecule has 0 aliphatic heterocycles. The zero-order chi connectivity index (χ0) is 61.9. The lowest BCUT2D eigenvalue weighted by Gasteiger charge is -2.25. The third-order valence-corrected chi connectivity index (χ3v) is 16.4. The summed E-state index contributed by atoms with van der Waals surface area (Å²) in [5.41, 5.74) is 0. The van der Waals surface area contributed by atoms with E-state index < -0.39 is 20.0 Å². The molecule has 0 spiro atoms. The van der Waals surface area contributed by atoms with Crippen LogP contribution < -0.4 is 5.32 Å². The van der Waals surface area contributed by atoms with Gasteiger partial charge in [0.2, 0.25) is 5.91 Å². The van der Waals surface area contributed by atoms with Crippen LogP contribution in [0.5, 0.6) is 0 Å². The Morgan fingerprint density at radius 1 is 0.412 bits per heavy atom. The molecule has 3 N–H and O–H groups in total. The Kier molecular flexibility index (Phi) is 63.0. The molecule has 0 fully saturated rings. The molecule has 3 unspecified atom stereocenters. The number of likely N-dealkylation sites (N-methyl/N-ethyl adjacent to an activating group) is 1. The number of aliphatic hydroxyl groups is 1. The van der Waals surface area contributed by atoms with Gasteiger partial charge in [-0.05, 0) is 96.3 Å². The van der Waals surface area contributed by atoms with E-state index in [2.05, 4.69) is 129 Å². The second-order valence-electron chi connectivity index (χ2n) is 24.9. The molecule has 0 aromatic heterocycles. The molecule has 85 heavy (non-hydrogen) atoms. The van der Waals surface area contributed by atoms with Crippen molar-refractivity contribution in [2.24, 2.45) is 0 Å². The Labute approximate surface area is 526 Å². The molecule has 0 aliphatic carbocycles. The lowest BCUT2D eigenvalue weighted by atomic mass is 10.0. The second-order valence-corrected chi connectivity index (χ2v) is 26.3. The Morgan fingerprint density at radius 2 is 0.718 bits per heavy atom. The van der Waals surface area contributed by atoms with Crippen LogP contribution in [0.4, 0.5) is 0 Å². The molecule has 490 valence electrons. The Hall–Kier alpha value is -3.10. The first-order chi connectivity index (χ1) is 41.5. The highest BCUT2D eigenvalue weighted by molar-refractivity contribution is 7.47. The molecule has 3 atom stereocenters. The summed E-state index contributed by atoms with van der Waals surface area (Å²) in [6.07, 6.45) is 97.8. The van der Waals surface area contributed by atoms with Gasteiger partial charge in [0.05, 0.1) is 39.9 Å². The van der Waals surface area contributed by atoms with Crippen LogP contribution in [0.3, 0.4) is 0 Å². The van der Waals surface area contributed by atoms with Gasteiger partial charge in [0, 0.05) is 6.42 Å². The number of quaternary nitrogens is 1. The summed E-state index contributed by atoms with van der Waals surface area (Å²) in [6.45, 7) is 4.69. The maximum absolute atomic E-state index is 13.0. The van der Waals surface area contributed by atoms with E-state index in [9.17, 15) is 19.4 Å². The van der Waals surface area contributed by atoms with E-state index in [-0.39, 0.29) is 19.1 Å². The highest BCUT2D eigenvalue weighted by atomic mass is 31.2. The third-order valence-electron chi connectivity index (χ3n) is 15.4. The van der Waals surface area contributed by atoms with E-state index in [1.165, 1.54) is 173 Å². The maximum Gasteiger partial charge on any atom is 0.472 e. The predicted octanol–water partition coefficient (Wildman–Crippen LogP) is 22.8. The Bertz CT molecular complexity index is 1800. The number of amides is 1. The average Bonchev–Trinajstić information content (AvgIpc) is 3.49. The van der Waals surface area contributed by atoms with E-state index >= 15 is 0 Å². The summed E-state index contributed by atoms with van der Waals surface area (Å²) in [5, 5.41) is 14.0. The van der Waals surface area contributed by atoms with Crippen molar-refractivity contribution >= 4 is 13.7 Å². The fourth-order valence-electron chi connectivity index (χ4n) is 9.96. The number of hydrogen-bond donors (Lipinski definition) is 3. The summed E-state index contributed by atoms with van der Waals surface area (Å²) in [6, 6.07) is -0.883. The van der Waals surface area contributed by atoms with Gasteiger partial charge in [0.1, 0.15) is 13.2 Å². The molecule has 9 heteroatoms. The van der Waals surface area contributed by atoms with Crippen LogP contribution in [0.25, 0.3) is 0 Å². The van der Waals surface area contributed by atoms with Crippen LogP contribution in [0, 0.1) is 0 Å². The van der Waals surface area contributed by atoms with E-state index in [4.69, 9.17) is 9.05 Å². The summed E-state index contributed by atoms with van der Waals surface area (Å²) < 4.78 is 23.8. The van der Waals surface area contributed by atoms with Gasteiger partial charge < -0.3 is 19.8 Å². The number of carbonyl (C=O) groups excluding carboxylic acids is 1. The van der Waals surface area contributed by atoms with Crippen molar-refractivity contribution < 1.29 is 32.9 Å². The van der Waals surface area contributed by atoms with E-state index in [0.717, 1.165) is 109 Å². The van der Waals surface area contributed by atoms with Gasteiger partial charge in [-0.3, -0.25) is 13.8 Å². The molecular formula is C76H136N2O6P+. The quantitative estimate of drug-likeness (QED) is 0.0243. The lowest BCUT2D eigenvalue weighted by Crippen LogP contribution is -2.45. The molecule has 0 radical (unpaired) electrons. The zero-order valence-corrected chi connectivity index (χ0v) is 57.0. The fourth-order valence-corrected chi connectivity index (χ4v) is 10.7. The molecule has 8 nitrogen and oxygen atoms in total. The van der Waals surface area contributed by atoms with E-state index in [1.807, 2.05) is 27.2 Å². The van der Waals surface area contributed by atoms with Crippen molar-refractivity contribution in [1.82, 2.24) is 5.32 Å². The number of hydrogen-bond acceptors (Lipinski definition) is 5. The van der Waals surface area contributed by atoms with Crippen molar-refractivity contribution in [1.29, 1.82) is 0 Å². The first-order valence-corrected chi connectivity index (χ1v) is 36.9. The number of rotatable bonds is 64. The van der Waals surface area contributed by atoms with Gasteiger partial charge in [-0.25, -0.2) is 4.57 Å². The molecule has 0 heterocycles. The predicted molar refractivity (Wildman–Crippen MR) is 373 cm³/mol. The van der Waals surface area contributed by atoms with Crippen LogP contribution in [-0.2, 0) is 18.4 Å². The molecule has 0 saturated carbocycles. The van der Waals surface area contributed by atoms with Gasteiger partial charge >= 0.3 is 7.82 Å². The number of aliphatic hydroxyl groups excluding tert-OH is 1. The molecule has 1 amide bonds. The van der Waals surface area contributed by atoms with Crippen molar-refractivity contribution in [3.8, 4) is 0 Å². The SMILES string of the molecule is CC/C=C\C/C=C\C/C=C\C/C=C\C/C=C\C/C=C\C/C=C\C/C=C\CCCCCCCCC(=O)NC(COP(=O)(O)OCC[N+](C)(C)C)C(O)/C=C/CC/C=C/CCCCCCCCCCCCCCCCCCCCCCCCCCCC. The number of nitrogens with zero attached hydrogens (tertiary/aromatic N) is 1. The molecule has 0 rings (SSSR count). The zero-order valence-electron chi connectivity index (χ0n) is 56.1. The number of phosphoric ester groups is 1. The van der Waals surface area contributed by atoms with Crippen molar-refractivity contribution in [3.63, 3.8) is 0 Å². The van der Waals surface area contributed by atoms with Gasteiger partial charge in [-0.1, -0.05) is 322 Å². The third kappa shape index (κ3) is 68.3. The lowest BCUT2D eigenvalue weighted by molar-refractivity contribution is -0.870. The van der Waals surface area contributed by atoms with Crippen molar-refractivity contribution in [2.75, 3.05) is 40.9 Å². The molecular weight excluding hydrogens is 1070 g/mol. The molecule has 0 saturated heterocycles. The van der Waals surface area contributed by atoms with Gasteiger partial charge in [-0.2, -0.15) is 0 Å². The number of nitrogens with one attached hydrogen (secondary N) is 1. The van der Waals surface area contributed by atoms with Crippen LogP contribution in [0.1, 0.15) is 303 Å². The summed E-state index contributed by atoms with van der Waals surface area (Å²) in [5.74, 6) is -0.203. The topological polar surface area (TPSA) is 105 Å². The highest BCUT2D eigenvalue weighted by Crippen LogP contribution is 2.43. The van der Waals surface area contributed by atoms with Gasteiger partial charge in [0.15, 0.2) is 0 Å². The molecule has 0 aromatic rings. The second kappa shape index (κ2) is 65.3. The first-order valence-electron chi connectivity index (χ1n) is 35.4. The van der Waals surface area contributed by atoms with Crippen molar-refractivity contribution in [2.45, 2.75) is 315 Å². The summed E-state index contributed by atoms with van der Waals surface area (Å²) >= 11 is 0. The van der Waals surface area contributed by atoms with Crippen LogP contribution >= 0.6 is 7.82 Å².